The van der Waals surface area contributed by atoms with Gasteiger partial charge in [-0.1, -0.05) is 18.9 Å². The maximum Gasteiger partial charge on any atom is 0.273 e. The van der Waals surface area contributed by atoms with E-state index in [0.717, 1.165) is 31.7 Å². The van der Waals surface area contributed by atoms with Crippen LogP contribution in [0.1, 0.15) is 50.3 Å². The molecule has 2 aliphatic rings. The lowest BCUT2D eigenvalue weighted by molar-refractivity contribution is 0.0969. The van der Waals surface area contributed by atoms with Gasteiger partial charge in [0.2, 0.25) is 0 Å². The van der Waals surface area contributed by atoms with E-state index in [-0.39, 0.29) is 11.7 Å². The molecule has 0 bridgehead atoms. The van der Waals surface area contributed by atoms with Gasteiger partial charge in [0.1, 0.15) is 17.5 Å². The van der Waals surface area contributed by atoms with Crippen molar-refractivity contribution in [3.05, 3.63) is 58.9 Å². The molecule has 30 heavy (non-hydrogen) atoms. The summed E-state index contributed by atoms with van der Waals surface area (Å²) in [7, 11) is 1.77. The summed E-state index contributed by atoms with van der Waals surface area (Å²) in [5, 5.41) is 1.23. The molecule has 1 aliphatic carbocycles. The Morgan fingerprint density at radius 1 is 1.07 bits per heavy atom. The van der Waals surface area contributed by atoms with Crippen LogP contribution in [0, 0.1) is 0 Å². The molecule has 1 aliphatic heterocycles. The molecular weight excluding hydrogens is 376 g/mol. The van der Waals surface area contributed by atoms with Crippen LogP contribution in [0.4, 0.5) is 0 Å². The van der Waals surface area contributed by atoms with E-state index in [9.17, 15) is 4.79 Å². The summed E-state index contributed by atoms with van der Waals surface area (Å²) in [4.78, 5) is 18.8. The lowest BCUT2D eigenvalue weighted by Gasteiger charge is -2.32. The Kier molecular flexibility index (Phi) is 5.34. The zero-order chi connectivity index (χ0) is 20.5. The van der Waals surface area contributed by atoms with Crippen LogP contribution in [-0.4, -0.2) is 38.2 Å². The van der Waals surface area contributed by atoms with Crippen molar-refractivity contribution in [1.29, 1.82) is 0 Å². The Bertz CT molecular complexity index is 1070. The monoisotopic (exact) mass is 406 g/mol. The Hall–Kier alpha value is -2.60. The molecule has 3 heterocycles. The highest BCUT2D eigenvalue weighted by Gasteiger charge is 2.23. The van der Waals surface area contributed by atoms with Gasteiger partial charge >= 0.3 is 0 Å². The van der Waals surface area contributed by atoms with Crippen molar-refractivity contribution < 1.29 is 4.74 Å². The fourth-order valence-corrected chi connectivity index (χ4v) is 5.00. The first-order valence-corrected chi connectivity index (χ1v) is 11.2. The minimum Gasteiger partial charge on any atom is -0.490 e. The molecule has 6 nitrogen and oxygen atoms in total. The SMILES string of the molecule is Cn1ccnc(CN2CCC(Oc3cccc4c3ccn4C3CCCC3)CC2)c1=O. The van der Waals surface area contributed by atoms with Gasteiger partial charge in [-0.25, -0.2) is 0 Å². The van der Waals surface area contributed by atoms with E-state index in [2.05, 4.69) is 44.9 Å². The third-order valence-electron chi connectivity index (χ3n) is 6.73. The van der Waals surface area contributed by atoms with Gasteiger partial charge in [0.15, 0.2) is 0 Å². The predicted octanol–water partition coefficient (Wildman–Crippen LogP) is 3.89. The molecule has 2 aromatic heterocycles. The first-order valence-electron chi connectivity index (χ1n) is 11.2. The van der Waals surface area contributed by atoms with Crippen molar-refractivity contribution in [3.8, 4) is 5.75 Å². The fourth-order valence-electron chi connectivity index (χ4n) is 5.00. The van der Waals surface area contributed by atoms with Crippen molar-refractivity contribution >= 4 is 10.9 Å². The van der Waals surface area contributed by atoms with Gasteiger partial charge in [0, 0.05) is 56.7 Å². The second-order valence-corrected chi connectivity index (χ2v) is 8.73. The number of ether oxygens (including phenoxy) is 1. The topological polar surface area (TPSA) is 52.3 Å². The smallest absolute Gasteiger partial charge is 0.273 e. The molecule has 0 radical (unpaired) electrons. The van der Waals surface area contributed by atoms with Crippen LogP contribution in [0.25, 0.3) is 10.9 Å². The molecule has 1 saturated heterocycles. The maximum absolute atomic E-state index is 12.2. The van der Waals surface area contributed by atoms with Gasteiger partial charge in [0.05, 0.1) is 5.52 Å². The molecule has 158 valence electrons. The third-order valence-corrected chi connectivity index (χ3v) is 6.73. The van der Waals surface area contributed by atoms with E-state index in [1.165, 1.54) is 36.6 Å². The second-order valence-electron chi connectivity index (χ2n) is 8.73. The minimum atomic E-state index is -0.00525. The van der Waals surface area contributed by atoms with E-state index in [0.29, 0.717) is 18.3 Å². The highest BCUT2D eigenvalue weighted by Crippen LogP contribution is 2.36. The molecule has 1 aromatic carbocycles. The fraction of sp³-hybridized carbons (Fsp3) is 0.500. The van der Waals surface area contributed by atoms with E-state index >= 15 is 0 Å². The average Bonchev–Trinajstić information content (AvgIpc) is 3.43. The zero-order valence-corrected chi connectivity index (χ0v) is 17.7. The number of nitrogens with zero attached hydrogens (tertiary/aromatic N) is 4. The number of likely N-dealkylation sites (tertiary alicyclic amines) is 1. The number of aromatic nitrogens is 3. The van der Waals surface area contributed by atoms with Crippen LogP contribution in [0.5, 0.6) is 5.75 Å². The van der Waals surface area contributed by atoms with Crippen LogP contribution in [0.2, 0.25) is 0 Å². The minimum absolute atomic E-state index is 0.00525. The summed E-state index contributed by atoms with van der Waals surface area (Å²) in [6.07, 6.45) is 13.0. The molecule has 0 atom stereocenters. The maximum atomic E-state index is 12.2. The lowest BCUT2D eigenvalue weighted by Crippen LogP contribution is -2.39. The summed E-state index contributed by atoms with van der Waals surface area (Å²) < 4.78 is 10.5. The van der Waals surface area contributed by atoms with Crippen LogP contribution in [0.3, 0.4) is 0 Å². The standard InChI is InChI=1S/C24H30N4O2/c1-26-16-12-25-21(24(26)29)17-27-13-9-19(10-14-27)30-23-8-4-7-22-20(23)11-15-28(22)18-5-2-3-6-18/h4,7-8,11-12,15-16,18-19H,2-3,5-6,9-10,13-14,17H2,1H3. The third kappa shape index (κ3) is 3.76. The molecule has 0 amide bonds. The van der Waals surface area contributed by atoms with Gasteiger partial charge < -0.3 is 13.9 Å². The molecule has 0 unspecified atom stereocenters. The Morgan fingerprint density at radius 3 is 2.67 bits per heavy atom. The van der Waals surface area contributed by atoms with Crippen molar-refractivity contribution in [3.63, 3.8) is 0 Å². The Morgan fingerprint density at radius 2 is 1.87 bits per heavy atom. The molecule has 2 fully saturated rings. The van der Waals surface area contributed by atoms with E-state index in [1.807, 2.05) is 0 Å². The van der Waals surface area contributed by atoms with Crippen molar-refractivity contribution in [2.45, 2.75) is 57.2 Å². The number of fused-ring (bicyclic) bond motifs is 1. The highest BCUT2D eigenvalue weighted by molar-refractivity contribution is 5.86. The number of aryl methyl sites for hydroxylation is 1. The summed E-state index contributed by atoms with van der Waals surface area (Å²) >= 11 is 0. The van der Waals surface area contributed by atoms with Crippen molar-refractivity contribution in [1.82, 2.24) is 19.0 Å². The average molecular weight is 407 g/mol. The largest absolute Gasteiger partial charge is 0.490 e. The van der Waals surface area contributed by atoms with Gasteiger partial charge in [-0.3, -0.25) is 14.7 Å². The number of benzene rings is 1. The highest BCUT2D eigenvalue weighted by atomic mass is 16.5. The predicted molar refractivity (Wildman–Crippen MR) is 118 cm³/mol. The molecule has 5 rings (SSSR count). The first kappa shape index (κ1) is 19.4. The summed E-state index contributed by atoms with van der Waals surface area (Å²) in [5.41, 5.74) is 1.91. The number of hydrogen-bond acceptors (Lipinski definition) is 4. The second kappa shape index (κ2) is 8.26. The van der Waals surface area contributed by atoms with Crippen LogP contribution < -0.4 is 10.3 Å². The molecular formula is C24H30N4O2. The number of hydrogen-bond donors (Lipinski definition) is 0. The lowest BCUT2D eigenvalue weighted by atomic mass is 10.1. The molecule has 0 N–H and O–H groups in total. The summed E-state index contributed by atoms with van der Waals surface area (Å²) in [6.45, 7) is 2.45. The van der Waals surface area contributed by atoms with Gasteiger partial charge in [-0.2, -0.15) is 0 Å². The first-order chi connectivity index (χ1) is 14.7. The van der Waals surface area contributed by atoms with Crippen molar-refractivity contribution in [2.75, 3.05) is 13.1 Å². The molecule has 0 spiro atoms. The van der Waals surface area contributed by atoms with Gasteiger partial charge in [-0.05, 0) is 43.9 Å². The van der Waals surface area contributed by atoms with E-state index in [1.54, 1.807) is 24.0 Å². The van der Waals surface area contributed by atoms with Crippen LogP contribution in [0.15, 0.2) is 47.7 Å². The van der Waals surface area contributed by atoms with Gasteiger partial charge in [-0.15, -0.1) is 0 Å². The quantitative estimate of drug-likeness (QED) is 0.645. The summed E-state index contributed by atoms with van der Waals surface area (Å²) in [5.74, 6) is 1.00. The molecule has 3 aromatic rings. The van der Waals surface area contributed by atoms with Gasteiger partial charge in [0.25, 0.3) is 5.56 Å². The molecule has 6 heteroatoms. The Balaban J connectivity index is 1.24. The van der Waals surface area contributed by atoms with E-state index in [4.69, 9.17) is 4.74 Å². The van der Waals surface area contributed by atoms with Crippen molar-refractivity contribution in [2.24, 2.45) is 7.05 Å². The number of piperidine rings is 1. The molecule has 1 saturated carbocycles. The van der Waals surface area contributed by atoms with E-state index < -0.39 is 0 Å². The van der Waals surface area contributed by atoms with Crippen LogP contribution in [-0.2, 0) is 13.6 Å². The zero-order valence-electron chi connectivity index (χ0n) is 17.7. The normalized spacial score (nSPS) is 19.0. The summed E-state index contributed by atoms with van der Waals surface area (Å²) in [6, 6.07) is 9.30. The number of rotatable bonds is 5. The Labute approximate surface area is 177 Å². The van der Waals surface area contributed by atoms with Crippen LogP contribution >= 0.6 is 0 Å².